The van der Waals surface area contributed by atoms with Crippen molar-refractivity contribution in [2.75, 3.05) is 20.3 Å². The maximum absolute atomic E-state index is 12.6. The molecule has 0 saturated heterocycles. The Morgan fingerprint density at radius 2 is 2.11 bits per heavy atom. The van der Waals surface area contributed by atoms with Crippen molar-refractivity contribution in [3.05, 3.63) is 47.7 Å². The fourth-order valence-electron chi connectivity index (χ4n) is 2.92. The van der Waals surface area contributed by atoms with Crippen LogP contribution < -0.4 is 14.8 Å². The molecule has 0 saturated carbocycles. The molecule has 0 fully saturated rings. The maximum Gasteiger partial charge on any atom is 0.387 e. The van der Waals surface area contributed by atoms with Crippen molar-refractivity contribution in [2.24, 2.45) is 0 Å². The number of nitrogens with zero attached hydrogens (tertiary/aromatic N) is 1. The molecule has 0 aromatic heterocycles. The van der Waals surface area contributed by atoms with E-state index in [0.29, 0.717) is 11.3 Å². The van der Waals surface area contributed by atoms with E-state index in [0.717, 1.165) is 0 Å². The van der Waals surface area contributed by atoms with Gasteiger partial charge >= 0.3 is 18.6 Å². The highest BCUT2D eigenvalue weighted by molar-refractivity contribution is 5.95. The normalized spacial score (nSPS) is 16.7. The fraction of sp³-hybridized carbons (Fsp3) is 0.368. The van der Waals surface area contributed by atoms with Crippen LogP contribution in [-0.2, 0) is 9.53 Å². The number of halogens is 2. The second kappa shape index (κ2) is 9.20. The minimum Gasteiger partial charge on any atom is -0.490 e. The first kappa shape index (κ1) is 21.2. The molecule has 0 unspecified atom stereocenters. The molecule has 9 heteroatoms. The largest absolute Gasteiger partial charge is 0.490 e. The molecule has 1 aliphatic rings. The van der Waals surface area contributed by atoms with Crippen LogP contribution >= 0.6 is 0 Å². The fourth-order valence-corrected chi connectivity index (χ4v) is 2.92. The summed E-state index contributed by atoms with van der Waals surface area (Å²) in [5, 5.41) is 2.73. The van der Waals surface area contributed by atoms with E-state index in [4.69, 9.17) is 9.47 Å². The van der Waals surface area contributed by atoms with E-state index in [1.54, 1.807) is 13.8 Å². The molecule has 2 amide bonds. The first-order valence-electron chi connectivity index (χ1n) is 8.53. The summed E-state index contributed by atoms with van der Waals surface area (Å²) < 4.78 is 39.9. The molecule has 0 aliphatic carbocycles. The number of methoxy groups -OCH3 is 1. The third kappa shape index (κ3) is 4.41. The predicted octanol–water partition coefficient (Wildman–Crippen LogP) is 3.39. The van der Waals surface area contributed by atoms with Gasteiger partial charge in [0.15, 0.2) is 11.5 Å². The Bertz CT molecular complexity index is 795. The van der Waals surface area contributed by atoms with Crippen molar-refractivity contribution in [3.8, 4) is 11.5 Å². The highest BCUT2D eigenvalue weighted by Gasteiger charge is 2.36. The van der Waals surface area contributed by atoms with Gasteiger partial charge in [-0.25, -0.2) is 9.59 Å². The summed E-state index contributed by atoms with van der Waals surface area (Å²) >= 11 is 0. The van der Waals surface area contributed by atoms with Crippen LogP contribution in [-0.4, -0.2) is 43.8 Å². The molecule has 1 N–H and O–H groups in total. The molecule has 0 spiro atoms. The Hall–Kier alpha value is -3.10. The van der Waals surface area contributed by atoms with Crippen molar-refractivity contribution < 1.29 is 32.6 Å². The lowest BCUT2D eigenvalue weighted by molar-refractivity contribution is -0.136. The van der Waals surface area contributed by atoms with E-state index in [1.165, 1.54) is 36.3 Å². The number of hydrogen-bond acceptors (Lipinski definition) is 5. The average Bonchev–Trinajstić information content (AvgIpc) is 2.65. The van der Waals surface area contributed by atoms with Crippen molar-refractivity contribution in [2.45, 2.75) is 26.5 Å². The van der Waals surface area contributed by atoms with E-state index in [1.807, 2.05) is 0 Å². The van der Waals surface area contributed by atoms with E-state index >= 15 is 0 Å². The Labute approximate surface area is 161 Å². The number of urea groups is 1. The third-order valence-corrected chi connectivity index (χ3v) is 4.13. The van der Waals surface area contributed by atoms with E-state index in [-0.39, 0.29) is 30.2 Å². The van der Waals surface area contributed by atoms with Gasteiger partial charge in [0.2, 0.25) is 0 Å². The first-order chi connectivity index (χ1) is 13.3. The molecule has 1 atom stereocenters. The van der Waals surface area contributed by atoms with E-state index in [2.05, 4.69) is 16.6 Å². The van der Waals surface area contributed by atoms with Crippen LogP contribution in [0.3, 0.4) is 0 Å². The van der Waals surface area contributed by atoms with Crippen molar-refractivity contribution in [3.63, 3.8) is 0 Å². The minimum atomic E-state index is -3.01. The van der Waals surface area contributed by atoms with Crippen LogP contribution in [0.1, 0.15) is 25.5 Å². The zero-order valence-corrected chi connectivity index (χ0v) is 15.8. The summed E-state index contributed by atoms with van der Waals surface area (Å²) in [7, 11) is 1.24. The van der Waals surface area contributed by atoms with Gasteiger partial charge in [0.1, 0.15) is 0 Å². The molecule has 1 aromatic rings. The van der Waals surface area contributed by atoms with Gasteiger partial charge in [0.05, 0.1) is 25.3 Å². The van der Waals surface area contributed by atoms with Crippen molar-refractivity contribution in [1.82, 2.24) is 10.2 Å². The van der Waals surface area contributed by atoms with Crippen LogP contribution in [0, 0.1) is 0 Å². The topological polar surface area (TPSA) is 77.1 Å². The molecular weight excluding hydrogens is 374 g/mol. The zero-order chi connectivity index (χ0) is 20.8. The van der Waals surface area contributed by atoms with Gasteiger partial charge in [-0.1, -0.05) is 12.1 Å². The third-order valence-electron chi connectivity index (χ3n) is 4.13. The molecule has 0 radical (unpaired) electrons. The smallest absolute Gasteiger partial charge is 0.387 e. The molecule has 1 heterocycles. The van der Waals surface area contributed by atoms with E-state index < -0.39 is 24.7 Å². The number of ether oxygens (including phenoxy) is 3. The maximum atomic E-state index is 12.6. The zero-order valence-electron chi connectivity index (χ0n) is 15.8. The van der Waals surface area contributed by atoms with Crippen LogP contribution in [0.5, 0.6) is 11.5 Å². The summed E-state index contributed by atoms with van der Waals surface area (Å²) in [5.74, 6) is -0.691. The van der Waals surface area contributed by atoms with Gasteiger partial charge in [-0.15, -0.1) is 6.58 Å². The highest BCUT2D eigenvalue weighted by atomic mass is 19.3. The van der Waals surface area contributed by atoms with Crippen LogP contribution in [0.15, 0.2) is 42.1 Å². The Kier molecular flexibility index (Phi) is 6.97. The summed E-state index contributed by atoms with van der Waals surface area (Å²) in [6.45, 7) is 4.33. The number of nitrogens with one attached hydrogen (secondary N) is 1. The van der Waals surface area contributed by atoms with Crippen LogP contribution in [0.4, 0.5) is 13.6 Å². The Morgan fingerprint density at radius 3 is 2.68 bits per heavy atom. The number of carbonyl (C=O) groups excluding carboxylic acids is 2. The first-order valence-corrected chi connectivity index (χ1v) is 8.53. The van der Waals surface area contributed by atoms with Gasteiger partial charge in [-0.05, 0) is 31.5 Å². The van der Waals surface area contributed by atoms with Gasteiger partial charge < -0.3 is 19.5 Å². The Morgan fingerprint density at radius 1 is 1.39 bits per heavy atom. The van der Waals surface area contributed by atoms with Gasteiger partial charge in [0.25, 0.3) is 0 Å². The van der Waals surface area contributed by atoms with Gasteiger partial charge in [-0.2, -0.15) is 8.78 Å². The molecule has 1 aliphatic heterocycles. The monoisotopic (exact) mass is 396 g/mol. The number of esters is 1. The minimum absolute atomic E-state index is 0.0740. The summed E-state index contributed by atoms with van der Waals surface area (Å²) in [6, 6.07) is 2.96. The Balaban J connectivity index is 2.54. The summed E-state index contributed by atoms with van der Waals surface area (Å²) in [4.78, 5) is 26.2. The molecule has 7 nitrogen and oxygen atoms in total. The average molecular weight is 396 g/mol. The molecule has 28 heavy (non-hydrogen) atoms. The molecule has 152 valence electrons. The lowest BCUT2D eigenvalue weighted by atomic mass is 9.94. The van der Waals surface area contributed by atoms with Crippen LogP contribution in [0.2, 0.25) is 0 Å². The van der Waals surface area contributed by atoms with Crippen molar-refractivity contribution >= 4 is 12.0 Å². The number of allylic oxidation sites excluding steroid dienone is 1. The highest BCUT2D eigenvalue weighted by Crippen LogP contribution is 2.36. The number of alkyl halides is 2. The molecule has 2 rings (SSSR count). The lowest BCUT2D eigenvalue weighted by Gasteiger charge is -2.34. The second-order valence-corrected chi connectivity index (χ2v) is 5.79. The molecular formula is C19H22F2N2O5. The van der Waals surface area contributed by atoms with Crippen LogP contribution in [0.25, 0.3) is 0 Å². The lowest BCUT2D eigenvalue weighted by Crippen LogP contribution is -2.48. The number of hydrogen-bond donors (Lipinski definition) is 1. The molecule has 0 bridgehead atoms. The summed E-state index contributed by atoms with van der Waals surface area (Å²) in [6.07, 6.45) is 1.53. The molecule has 1 aromatic carbocycles. The summed E-state index contributed by atoms with van der Waals surface area (Å²) in [5.41, 5.74) is 1.08. The SMILES string of the molecule is C=CCN1C(=O)N[C@H](c2ccc(OC(F)F)c(OCC)c2)C(C(=O)OC)=C1C. The van der Waals surface area contributed by atoms with Crippen molar-refractivity contribution in [1.29, 1.82) is 0 Å². The quantitative estimate of drug-likeness (QED) is 0.538. The number of rotatable bonds is 8. The standard InChI is InChI=1S/C19H22F2N2O5/c1-5-9-23-11(3)15(17(24)26-4)16(22-19(23)25)12-7-8-13(28-18(20)21)14(10-12)27-6-2/h5,7-8,10,16,18H,1,6,9H2,2-4H3,(H,22,25)/t16-/m1/s1. The van der Waals surface area contributed by atoms with E-state index in [9.17, 15) is 18.4 Å². The second-order valence-electron chi connectivity index (χ2n) is 5.79. The van der Waals surface area contributed by atoms with Gasteiger partial charge in [-0.3, -0.25) is 4.90 Å². The number of carbonyl (C=O) groups is 2. The number of amides is 2. The van der Waals surface area contributed by atoms with Gasteiger partial charge in [0, 0.05) is 12.2 Å². The predicted molar refractivity (Wildman–Crippen MR) is 97.1 cm³/mol. The number of benzene rings is 1.